The van der Waals surface area contributed by atoms with Crippen LogP contribution in [0.1, 0.15) is 34.6 Å². The molecule has 0 fully saturated rings. The Morgan fingerprint density at radius 2 is 1.79 bits per heavy atom. The second-order valence-corrected chi connectivity index (χ2v) is 8.81. The number of rotatable bonds is 5. The Kier molecular flexibility index (Phi) is 6.72. The van der Waals surface area contributed by atoms with E-state index in [9.17, 15) is 14.4 Å². The van der Waals surface area contributed by atoms with E-state index in [1.807, 2.05) is 12.1 Å². The van der Waals surface area contributed by atoms with Gasteiger partial charge >= 0.3 is 5.97 Å². The van der Waals surface area contributed by atoms with Gasteiger partial charge in [0.2, 0.25) is 5.91 Å². The Hall–Kier alpha value is -3.29. The number of amides is 2. The van der Waals surface area contributed by atoms with Crippen LogP contribution in [0.25, 0.3) is 0 Å². The van der Waals surface area contributed by atoms with Crippen LogP contribution in [0.4, 0.5) is 11.4 Å². The van der Waals surface area contributed by atoms with E-state index >= 15 is 0 Å². The van der Waals surface area contributed by atoms with Crippen LogP contribution in [-0.4, -0.2) is 30.4 Å². The highest BCUT2D eigenvalue weighted by atomic mass is 35.5. The summed E-state index contributed by atoms with van der Waals surface area (Å²) in [5.74, 6) is -1.24. The molecule has 8 heteroatoms. The summed E-state index contributed by atoms with van der Waals surface area (Å²) in [5.41, 5.74) is 1.70. The molecule has 1 aliphatic heterocycles. The van der Waals surface area contributed by atoms with Crippen molar-refractivity contribution in [3.05, 3.63) is 82.9 Å². The second-order valence-electron chi connectivity index (χ2n) is 7.32. The Labute approximate surface area is 200 Å². The topological polar surface area (TPSA) is 75.7 Å². The van der Waals surface area contributed by atoms with Gasteiger partial charge in [0, 0.05) is 9.79 Å². The summed E-state index contributed by atoms with van der Waals surface area (Å²) in [4.78, 5) is 42.2. The van der Waals surface area contributed by atoms with Crippen molar-refractivity contribution in [2.45, 2.75) is 29.7 Å². The molecular weight excluding hydrogens is 460 g/mol. The summed E-state index contributed by atoms with van der Waals surface area (Å²) < 4.78 is 5.13. The standard InChI is InChI=1S/C25H21ClN2O4S/c1-3-32-25(31)16-12-13-22-20(14-16)28(24(30)17-8-4-7-11-21(17)33-22)15(2)23(29)27-19-10-6-5-9-18(19)26/h4-15H,3H2,1-2H3,(H,27,29)/t15-/m0/s1. The van der Waals surface area contributed by atoms with Gasteiger partial charge in [-0.3, -0.25) is 14.5 Å². The molecule has 3 aromatic rings. The number of benzene rings is 3. The van der Waals surface area contributed by atoms with Crippen LogP contribution in [0.2, 0.25) is 5.02 Å². The van der Waals surface area contributed by atoms with E-state index in [-0.39, 0.29) is 12.5 Å². The highest BCUT2D eigenvalue weighted by Gasteiger charge is 2.34. The molecule has 0 unspecified atom stereocenters. The molecule has 0 radical (unpaired) electrons. The number of nitrogens with one attached hydrogen (secondary N) is 1. The zero-order chi connectivity index (χ0) is 23.5. The minimum atomic E-state index is -0.892. The largest absolute Gasteiger partial charge is 0.462 e. The van der Waals surface area contributed by atoms with E-state index in [0.717, 1.165) is 9.79 Å². The van der Waals surface area contributed by atoms with Crippen LogP contribution in [0.15, 0.2) is 76.5 Å². The number of para-hydroxylation sites is 1. The lowest BCUT2D eigenvalue weighted by atomic mass is 10.1. The lowest BCUT2D eigenvalue weighted by molar-refractivity contribution is -0.117. The normalized spacial score (nSPS) is 13.4. The number of esters is 1. The van der Waals surface area contributed by atoms with Gasteiger partial charge in [-0.2, -0.15) is 0 Å². The number of hydrogen-bond acceptors (Lipinski definition) is 5. The molecule has 0 spiro atoms. The Balaban J connectivity index is 1.78. The number of halogens is 1. The molecule has 2 amide bonds. The molecule has 0 bridgehead atoms. The Morgan fingerprint density at radius 1 is 1.06 bits per heavy atom. The van der Waals surface area contributed by atoms with Gasteiger partial charge in [-0.05, 0) is 56.3 Å². The quantitative estimate of drug-likeness (QED) is 0.477. The maximum absolute atomic E-state index is 13.7. The van der Waals surface area contributed by atoms with Crippen molar-refractivity contribution < 1.29 is 19.1 Å². The molecule has 1 aliphatic rings. The van der Waals surface area contributed by atoms with Crippen molar-refractivity contribution in [1.82, 2.24) is 0 Å². The maximum Gasteiger partial charge on any atom is 0.338 e. The van der Waals surface area contributed by atoms with Crippen molar-refractivity contribution >= 4 is 52.5 Å². The van der Waals surface area contributed by atoms with Crippen LogP contribution in [0, 0.1) is 0 Å². The monoisotopic (exact) mass is 480 g/mol. The van der Waals surface area contributed by atoms with Crippen molar-refractivity contribution in [3.8, 4) is 0 Å². The molecule has 6 nitrogen and oxygen atoms in total. The third kappa shape index (κ3) is 4.60. The third-order valence-corrected chi connectivity index (χ3v) is 6.65. The Bertz CT molecular complexity index is 1250. The lowest BCUT2D eigenvalue weighted by Crippen LogP contribution is -2.46. The van der Waals surface area contributed by atoms with E-state index in [1.165, 1.54) is 16.7 Å². The third-order valence-electron chi connectivity index (χ3n) is 5.18. The molecule has 4 rings (SSSR count). The zero-order valence-electron chi connectivity index (χ0n) is 18.0. The number of hydrogen-bond donors (Lipinski definition) is 1. The first kappa shape index (κ1) is 22.9. The number of carbonyl (C=O) groups excluding carboxylic acids is 3. The lowest BCUT2D eigenvalue weighted by Gasteiger charge is -2.29. The van der Waals surface area contributed by atoms with Gasteiger partial charge in [-0.1, -0.05) is 47.6 Å². The predicted octanol–water partition coefficient (Wildman–Crippen LogP) is 5.66. The SMILES string of the molecule is CCOC(=O)c1ccc2c(c1)N([C@@H](C)C(=O)Nc1ccccc1Cl)C(=O)c1ccccc1S2. The highest BCUT2D eigenvalue weighted by molar-refractivity contribution is 7.99. The fourth-order valence-electron chi connectivity index (χ4n) is 3.52. The zero-order valence-corrected chi connectivity index (χ0v) is 19.6. The van der Waals surface area contributed by atoms with Crippen molar-refractivity contribution in [2.75, 3.05) is 16.8 Å². The van der Waals surface area contributed by atoms with Gasteiger partial charge in [-0.15, -0.1) is 0 Å². The van der Waals surface area contributed by atoms with Gasteiger partial charge < -0.3 is 10.1 Å². The van der Waals surface area contributed by atoms with Gasteiger partial charge in [0.1, 0.15) is 6.04 Å². The van der Waals surface area contributed by atoms with E-state index in [1.54, 1.807) is 68.4 Å². The fourth-order valence-corrected chi connectivity index (χ4v) is 4.75. The minimum Gasteiger partial charge on any atom is -0.462 e. The molecule has 0 aliphatic carbocycles. The summed E-state index contributed by atoms with van der Waals surface area (Å²) in [6.45, 7) is 3.60. The van der Waals surface area contributed by atoms with Gasteiger partial charge in [0.15, 0.2) is 0 Å². The number of anilines is 2. The van der Waals surface area contributed by atoms with Crippen molar-refractivity contribution in [1.29, 1.82) is 0 Å². The van der Waals surface area contributed by atoms with E-state index in [4.69, 9.17) is 16.3 Å². The number of carbonyl (C=O) groups is 3. The first-order valence-corrected chi connectivity index (χ1v) is 11.6. The molecule has 3 aromatic carbocycles. The van der Waals surface area contributed by atoms with Gasteiger partial charge in [-0.25, -0.2) is 4.79 Å². The van der Waals surface area contributed by atoms with Crippen LogP contribution >= 0.6 is 23.4 Å². The van der Waals surface area contributed by atoms with Crippen molar-refractivity contribution in [2.24, 2.45) is 0 Å². The average Bonchev–Trinajstić information content (AvgIpc) is 2.93. The number of ether oxygens (including phenoxy) is 1. The van der Waals surface area contributed by atoms with E-state index in [0.29, 0.717) is 27.5 Å². The molecule has 1 heterocycles. The molecule has 0 aromatic heterocycles. The summed E-state index contributed by atoms with van der Waals surface area (Å²) in [5, 5.41) is 3.19. The van der Waals surface area contributed by atoms with E-state index < -0.39 is 17.9 Å². The van der Waals surface area contributed by atoms with Gasteiger partial charge in [0.05, 0.1) is 34.1 Å². The average molecular weight is 481 g/mol. The molecule has 33 heavy (non-hydrogen) atoms. The maximum atomic E-state index is 13.7. The second kappa shape index (κ2) is 9.68. The minimum absolute atomic E-state index is 0.232. The predicted molar refractivity (Wildman–Crippen MR) is 129 cm³/mol. The summed E-state index contributed by atoms with van der Waals surface area (Å²) in [7, 11) is 0. The summed E-state index contributed by atoms with van der Waals surface area (Å²) in [6.07, 6.45) is 0. The van der Waals surface area contributed by atoms with Crippen LogP contribution in [-0.2, 0) is 9.53 Å². The van der Waals surface area contributed by atoms with Crippen LogP contribution in [0.5, 0.6) is 0 Å². The van der Waals surface area contributed by atoms with Crippen molar-refractivity contribution in [3.63, 3.8) is 0 Å². The summed E-state index contributed by atoms with van der Waals surface area (Å²) in [6, 6.07) is 18.3. The Morgan fingerprint density at radius 3 is 2.55 bits per heavy atom. The summed E-state index contributed by atoms with van der Waals surface area (Å²) >= 11 is 7.61. The molecule has 168 valence electrons. The molecular formula is C25H21ClN2O4S. The first-order chi connectivity index (χ1) is 15.9. The molecule has 0 saturated heterocycles. The number of nitrogens with zero attached hydrogens (tertiary/aromatic N) is 1. The number of fused-ring (bicyclic) bond motifs is 2. The molecule has 1 atom stereocenters. The van der Waals surface area contributed by atoms with E-state index in [2.05, 4.69) is 5.32 Å². The molecule has 0 saturated carbocycles. The highest BCUT2D eigenvalue weighted by Crippen LogP contribution is 2.42. The fraction of sp³-hybridized carbons (Fsp3) is 0.160. The smallest absolute Gasteiger partial charge is 0.338 e. The van der Waals surface area contributed by atoms with Crippen LogP contribution in [0.3, 0.4) is 0 Å². The van der Waals surface area contributed by atoms with Crippen LogP contribution < -0.4 is 10.2 Å². The first-order valence-electron chi connectivity index (χ1n) is 10.4. The van der Waals surface area contributed by atoms with Gasteiger partial charge in [0.25, 0.3) is 5.91 Å². The molecule has 1 N–H and O–H groups in total.